The molecule has 1 saturated heterocycles. The van der Waals surface area contributed by atoms with E-state index in [1.165, 1.54) is 0 Å². The Balaban J connectivity index is 1.79. The van der Waals surface area contributed by atoms with Crippen molar-refractivity contribution in [3.8, 4) is 0 Å². The van der Waals surface area contributed by atoms with Gasteiger partial charge in [0.1, 0.15) is 6.04 Å². The Morgan fingerprint density at radius 1 is 1.14 bits per heavy atom. The second-order valence-electron chi connectivity index (χ2n) is 6.06. The Bertz CT molecular complexity index is 412. The van der Waals surface area contributed by atoms with Gasteiger partial charge in [-0.05, 0) is 32.1 Å². The van der Waals surface area contributed by atoms with Crippen molar-refractivity contribution in [1.82, 2.24) is 10.2 Å². The average Bonchev–Trinajstić information content (AvgIpc) is 3.30. The van der Waals surface area contributed by atoms with Crippen molar-refractivity contribution in [2.75, 3.05) is 13.1 Å². The Morgan fingerprint density at radius 2 is 1.76 bits per heavy atom. The van der Waals surface area contributed by atoms with Gasteiger partial charge in [-0.25, -0.2) is 4.79 Å². The fraction of sp³-hybridized carbons (Fsp3) is 0.800. The summed E-state index contributed by atoms with van der Waals surface area (Å²) in [6, 6.07) is -0.798. The van der Waals surface area contributed by atoms with Crippen LogP contribution in [0.2, 0.25) is 0 Å². The van der Waals surface area contributed by atoms with E-state index in [0.717, 1.165) is 12.8 Å². The monoisotopic (exact) mass is 296 g/mol. The minimum absolute atomic E-state index is 0.174. The fourth-order valence-electron chi connectivity index (χ4n) is 2.79. The molecule has 6 nitrogen and oxygen atoms in total. The number of carbonyl (C=O) groups excluding carboxylic acids is 2. The van der Waals surface area contributed by atoms with Crippen molar-refractivity contribution >= 4 is 17.8 Å². The molecular weight excluding hydrogens is 272 g/mol. The number of amides is 2. The van der Waals surface area contributed by atoms with E-state index in [0.29, 0.717) is 38.8 Å². The number of nitrogens with zero attached hydrogens (tertiary/aromatic N) is 1. The first kappa shape index (κ1) is 15.8. The lowest BCUT2D eigenvalue weighted by Gasteiger charge is -2.32. The van der Waals surface area contributed by atoms with Gasteiger partial charge in [-0.2, -0.15) is 0 Å². The standard InChI is InChI=1S/C15H24N2O4/c1-2-3-12(15(20)21)16-13(18)10-6-8-17(9-7-10)14(19)11-4-5-11/h10-12H,2-9H2,1H3,(H,16,18)(H,20,21). The normalized spacial score (nSPS) is 20.9. The highest BCUT2D eigenvalue weighted by molar-refractivity contribution is 5.85. The van der Waals surface area contributed by atoms with E-state index >= 15 is 0 Å². The van der Waals surface area contributed by atoms with Crippen LogP contribution in [-0.4, -0.2) is 46.9 Å². The quantitative estimate of drug-likeness (QED) is 0.765. The number of hydrogen-bond donors (Lipinski definition) is 2. The lowest BCUT2D eigenvalue weighted by molar-refractivity contribution is -0.143. The summed E-state index contributed by atoms with van der Waals surface area (Å²) in [5.74, 6) is -0.896. The van der Waals surface area contributed by atoms with E-state index in [-0.39, 0.29) is 23.7 Å². The van der Waals surface area contributed by atoms with Crippen LogP contribution in [0.1, 0.15) is 45.4 Å². The molecule has 21 heavy (non-hydrogen) atoms. The number of carbonyl (C=O) groups is 3. The summed E-state index contributed by atoms with van der Waals surface area (Å²) < 4.78 is 0. The summed E-state index contributed by atoms with van der Waals surface area (Å²) in [5, 5.41) is 11.7. The maximum absolute atomic E-state index is 12.1. The molecule has 0 aromatic rings. The zero-order valence-electron chi connectivity index (χ0n) is 12.5. The van der Waals surface area contributed by atoms with Crippen LogP contribution in [0, 0.1) is 11.8 Å². The summed E-state index contributed by atoms with van der Waals surface area (Å²) in [4.78, 5) is 37.0. The molecule has 2 aliphatic rings. The van der Waals surface area contributed by atoms with Crippen LogP contribution in [0.3, 0.4) is 0 Å². The largest absolute Gasteiger partial charge is 0.480 e. The fourth-order valence-corrected chi connectivity index (χ4v) is 2.79. The molecule has 1 atom stereocenters. The molecule has 0 aromatic heterocycles. The SMILES string of the molecule is CCCC(NC(=O)C1CCN(C(=O)C2CC2)CC1)C(=O)O. The molecule has 0 radical (unpaired) electrons. The maximum atomic E-state index is 12.1. The summed E-state index contributed by atoms with van der Waals surface area (Å²) in [7, 11) is 0. The number of piperidine rings is 1. The molecule has 2 fully saturated rings. The molecule has 2 N–H and O–H groups in total. The Morgan fingerprint density at radius 3 is 2.24 bits per heavy atom. The number of rotatable bonds is 6. The van der Waals surface area contributed by atoms with Gasteiger partial charge < -0.3 is 15.3 Å². The smallest absolute Gasteiger partial charge is 0.326 e. The zero-order valence-corrected chi connectivity index (χ0v) is 12.5. The van der Waals surface area contributed by atoms with Crippen LogP contribution in [0.4, 0.5) is 0 Å². The summed E-state index contributed by atoms with van der Waals surface area (Å²) in [6.45, 7) is 3.11. The third-order valence-corrected chi connectivity index (χ3v) is 4.30. The Hall–Kier alpha value is -1.59. The van der Waals surface area contributed by atoms with Gasteiger partial charge in [0.15, 0.2) is 0 Å². The molecular formula is C15H24N2O4. The number of hydrogen-bond acceptors (Lipinski definition) is 3. The van der Waals surface area contributed by atoms with Crippen molar-refractivity contribution in [2.45, 2.75) is 51.5 Å². The van der Waals surface area contributed by atoms with Gasteiger partial charge in [0, 0.05) is 24.9 Å². The maximum Gasteiger partial charge on any atom is 0.326 e. The van der Waals surface area contributed by atoms with Crippen LogP contribution in [0.5, 0.6) is 0 Å². The highest BCUT2D eigenvalue weighted by Crippen LogP contribution is 2.32. The molecule has 1 saturated carbocycles. The molecule has 0 spiro atoms. The zero-order chi connectivity index (χ0) is 15.4. The van der Waals surface area contributed by atoms with Crippen LogP contribution in [-0.2, 0) is 14.4 Å². The van der Waals surface area contributed by atoms with Gasteiger partial charge in [-0.1, -0.05) is 13.3 Å². The van der Waals surface area contributed by atoms with Crippen LogP contribution in [0.25, 0.3) is 0 Å². The van der Waals surface area contributed by atoms with Crippen LogP contribution in [0.15, 0.2) is 0 Å². The van der Waals surface area contributed by atoms with Gasteiger partial charge in [0.05, 0.1) is 0 Å². The van der Waals surface area contributed by atoms with Gasteiger partial charge in [0.25, 0.3) is 0 Å². The molecule has 2 rings (SSSR count). The van der Waals surface area contributed by atoms with Crippen molar-refractivity contribution in [3.63, 3.8) is 0 Å². The molecule has 0 bridgehead atoms. The summed E-state index contributed by atoms with van der Waals surface area (Å²) in [5.41, 5.74) is 0. The minimum Gasteiger partial charge on any atom is -0.480 e. The first-order valence-corrected chi connectivity index (χ1v) is 7.85. The Labute approximate surface area is 124 Å². The predicted molar refractivity (Wildman–Crippen MR) is 76.5 cm³/mol. The first-order valence-electron chi connectivity index (χ1n) is 7.85. The molecule has 6 heteroatoms. The second-order valence-corrected chi connectivity index (χ2v) is 6.06. The van der Waals surface area contributed by atoms with Crippen LogP contribution < -0.4 is 5.32 Å². The minimum atomic E-state index is -0.980. The van der Waals surface area contributed by atoms with Gasteiger partial charge in [0.2, 0.25) is 11.8 Å². The topological polar surface area (TPSA) is 86.7 Å². The molecule has 118 valence electrons. The van der Waals surface area contributed by atoms with E-state index in [1.807, 2.05) is 11.8 Å². The molecule has 1 heterocycles. The highest BCUT2D eigenvalue weighted by atomic mass is 16.4. The average molecular weight is 296 g/mol. The van der Waals surface area contributed by atoms with Gasteiger partial charge >= 0.3 is 5.97 Å². The third-order valence-electron chi connectivity index (χ3n) is 4.30. The summed E-state index contributed by atoms with van der Waals surface area (Å²) in [6.07, 6.45) is 4.41. The van der Waals surface area contributed by atoms with E-state index in [1.54, 1.807) is 0 Å². The van der Waals surface area contributed by atoms with Crippen molar-refractivity contribution < 1.29 is 19.5 Å². The summed E-state index contributed by atoms with van der Waals surface area (Å²) >= 11 is 0. The molecule has 0 aromatic carbocycles. The van der Waals surface area contributed by atoms with E-state index in [9.17, 15) is 14.4 Å². The third kappa shape index (κ3) is 4.19. The van der Waals surface area contributed by atoms with Crippen molar-refractivity contribution in [2.24, 2.45) is 11.8 Å². The number of aliphatic carboxylic acids is 1. The molecule has 1 aliphatic heterocycles. The Kier molecular flexibility index (Phi) is 5.20. The van der Waals surface area contributed by atoms with Crippen molar-refractivity contribution in [3.05, 3.63) is 0 Å². The predicted octanol–water partition coefficient (Wildman–Crippen LogP) is 1.00. The highest BCUT2D eigenvalue weighted by Gasteiger charge is 2.36. The van der Waals surface area contributed by atoms with Gasteiger partial charge in [-0.3, -0.25) is 9.59 Å². The second kappa shape index (κ2) is 6.91. The van der Waals surface area contributed by atoms with E-state index in [2.05, 4.69) is 5.32 Å². The number of likely N-dealkylation sites (tertiary alicyclic amines) is 1. The van der Waals surface area contributed by atoms with Crippen LogP contribution >= 0.6 is 0 Å². The van der Waals surface area contributed by atoms with E-state index < -0.39 is 12.0 Å². The van der Waals surface area contributed by atoms with Gasteiger partial charge in [-0.15, -0.1) is 0 Å². The first-order chi connectivity index (χ1) is 10.0. The van der Waals surface area contributed by atoms with E-state index in [4.69, 9.17) is 5.11 Å². The number of carboxylic acids is 1. The lowest BCUT2D eigenvalue weighted by atomic mass is 9.95. The lowest BCUT2D eigenvalue weighted by Crippen LogP contribution is -2.47. The molecule has 1 aliphatic carbocycles. The molecule has 1 unspecified atom stereocenters. The number of carboxylic acid groups (broad SMARTS) is 1. The number of nitrogens with one attached hydrogen (secondary N) is 1. The van der Waals surface area contributed by atoms with Crippen molar-refractivity contribution in [1.29, 1.82) is 0 Å². The molecule has 2 amide bonds.